The van der Waals surface area contributed by atoms with Crippen molar-refractivity contribution in [3.8, 4) is 0 Å². The molecule has 0 saturated heterocycles. The fraction of sp³-hybridized carbons (Fsp3) is 0.364. The minimum Gasteiger partial charge on any atom is -0.354 e. The fourth-order valence-corrected chi connectivity index (χ4v) is 3.68. The highest BCUT2D eigenvalue weighted by atomic mass is 79.9. The number of thioether (sulfide) groups is 1. The second-order valence-electron chi connectivity index (χ2n) is 6.72. The van der Waals surface area contributed by atoms with E-state index in [1.54, 1.807) is 11.8 Å². The maximum Gasteiger partial charge on any atom is 0.242 e. The van der Waals surface area contributed by atoms with Gasteiger partial charge in [-0.3, -0.25) is 9.59 Å². The smallest absolute Gasteiger partial charge is 0.242 e. The lowest BCUT2D eigenvalue weighted by Crippen LogP contribution is -2.48. The summed E-state index contributed by atoms with van der Waals surface area (Å²) in [6.45, 7) is 6.85. The topological polar surface area (TPSA) is 49.4 Å². The molecule has 0 fully saturated rings. The highest BCUT2D eigenvalue weighted by Gasteiger charge is 2.25. The van der Waals surface area contributed by atoms with Gasteiger partial charge in [-0.15, -0.1) is 11.8 Å². The van der Waals surface area contributed by atoms with E-state index in [1.165, 1.54) is 17.3 Å². The lowest BCUT2D eigenvalue weighted by molar-refractivity contribution is -0.138. The molecule has 2 aromatic carbocycles. The van der Waals surface area contributed by atoms with Crippen LogP contribution in [0.2, 0.25) is 0 Å². The lowest BCUT2D eigenvalue weighted by atomic mass is 10.1. The van der Waals surface area contributed by atoms with Gasteiger partial charge < -0.3 is 10.2 Å². The van der Waals surface area contributed by atoms with Gasteiger partial charge in [0.2, 0.25) is 11.8 Å². The molecular formula is C22H27BrN2O2S. The largest absolute Gasteiger partial charge is 0.354 e. The molecule has 0 heterocycles. The van der Waals surface area contributed by atoms with E-state index in [9.17, 15) is 9.59 Å². The second-order valence-corrected chi connectivity index (χ2v) is 8.68. The SMILES string of the molecule is CCCNC(=O)[C@@H](C)N(Cc1ccc(Br)cc1)C(=O)CSc1ccc(C)cc1. The van der Waals surface area contributed by atoms with Crippen molar-refractivity contribution in [1.29, 1.82) is 0 Å². The third-order valence-electron chi connectivity index (χ3n) is 4.37. The third kappa shape index (κ3) is 6.99. The molecule has 2 amide bonds. The Balaban J connectivity index is 2.10. The first-order valence-corrected chi connectivity index (χ1v) is 11.2. The molecular weight excluding hydrogens is 436 g/mol. The quantitative estimate of drug-likeness (QED) is 0.544. The Morgan fingerprint density at radius 3 is 2.36 bits per heavy atom. The van der Waals surface area contributed by atoms with Crippen molar-refractivity contribution in [2.45, 2.75) is 44.7 Å². The van der Waals surface area contributed by atoms with Gasteiger partial charge in [0.15, 0.2) is 0 Å². The normalized spacial score (nSPS) is 11.7. The molecule has 0 aliphatic carbocycles. The third-order valence-corrected chi connectivity index (χ3v) is 5.89. The first-order valence-electron chi connectivity index (χ1n) is 9.41. The van der Waals surface area contributed by atoms with Gasteiger partial charge in [0.1, 0.15) is 6.04 Å². The van der Waals surface area contributed by atoms with Gasteiger partial charge in [0.25, 0.3) is 0 Å². The van der Waals surface area contributed by atoms with Crippen LogP contribution in [0.15, 0.2) is 57.9 Å². The Morgan fingerprint density at radius 1 is 1.11 bits per heavy atom. The zero-order valence-corrected chi connectivity index (χ0v) is 19.0. The predicted octanol–water partition coefficient (Wildman–Crippen LogP) is 4.79. The Labute approximate surface area is 180 Å². The van der Waals surface area contributed by atoms with Crippen LogP contribution in [0.4, 0.5) is 0 Å². The predicted molar refractivity (Wildman–Crippen MR) is 119 cm³/mol. The van der Waals surface area contributed by atoms with Gasteiger partial charge >= 0.3 is 0 Å². The molecule has 0 bridgehead atoms. The summed E-state index contributed by atoms with van der Waals surface area (Å²) in [5, 5.41) is 2.90. The van der Waals surface area contributed by atoms with Crippen molar-refractivity contribution < 1.29 is 9.59 Å². The molecule has 1 N–H and O–H groups in total. The summed E-state index contributed by atoms with van der Waals surface area (Å²) in [5.41, 5.74) is 2.18. The number of nitrogens with zero attached hydrogens (tertiary/aromatic N) is 1. The molecule has 0 aliphatic heterocycles. The fourth-order valence-electron chi connectivity index (χ4n) is 2.63. The van der Waals surface area contributed by atoms with Gasteiger partial charge in [-0.05, 0) is 50.1 Å². The summed E-state index contributed by atoms with van der Waals surface area (Å²) in [4.78, 5) is 28.2. The summed E-state index contributed by atoms with van der Waals surface area (Å²) >= 11 is 4.92. The molecule has 1 atom stereocenters. The molecule has 0 aliphatic rings. The van der Waals surface area contributed by atoms with Gasteiger partial charge in [-0.1, -0.05) is 52.7 Å². The summed E-state index contributed by atoms with van der Waals surface area (Å²) in [6, 6.07) is 15.4. The second kappa shape index (κ2) is 11.3. The van der Waals surface area contributed by atoms with Crippen LogP contribution in [0, 0.1) is 6.92 Å². The van der Waals surface area contributed by atoms with Crippen LogP contribution in [0.3, 0.4) is 0 Å². The van der Waals surface area contributed by atoms with E-state index in [4.69, 9.17) is 0 Å². The van der Waals surface area contributed by atoms with Crippen LogP contribution >= 0.6 is 27.7 Å². The van der Waals surface area contributed by atoms with Crippen LogP contribution < -0.4 is 5.32 Å². The van der Waals surface area contributed by atoms with E-state index in [2.05, 4.69) is 21.2 Å². The van der Waals surface area contributed by atoms with Crippen molar-refractivity contribution in [3.05, 3.63) is 64.1 Å². The summed E-state index contributed by atoms with van der Waals surface area (Å²) in [5.74, 6) is 0.130. The van der Waals surface area contributed by atoms with E-state index in [1.807, 2.05) is 62.4 Å². The van der Waals surface area contributed by atoms with Crippen LogP contribution in [-0.4, -0.2) is 35.1 Å². The van der Waals surface area contributed by atoms with E-state index in [-0.39, 0.29) is 11.8 Å². The number of nitrogens with one attached hydrogen (secondary N) is 1. The number of carbonyl (C=O) groups excluding carboxylic acids is 2. The van der Waals surface area contributed by atoms with E-state index in [0.717, 1.165) is 21.4 Å². The van der Waals surface area contributed by atoms with Gasteiger partial charge in [0, 0.05) is 22.5 Å². The molecule has 0 saturated carbocycles. The molecule has 28 heavy (non-hydrogen) atoms. The highest BCUT2D eigenvalue weighted by molar-refractivity contribution is 9.10. The van der Waals surface area contributed by atoms with Crippen LogP contribution in [-0.2, 0) is 16.1 Å². The molecule has 0 radical (unpaired) electrons. The van der Waals surface area contributed by atoms with Gasteiger partial charge in [-0.25, -0.2) is 0 Å². The first kappa shape index (κ1) is 22.5. The van der Waals surface area contributed by atoms with Gasteiger partial charge in [0.05, 0.1) is 5.75 Å². The van der Waals surface area contributed by atoms with E-state index >= 15 is 0 Å². The molecule has 0 spiro atoms. The Hall–Kier alpha value is -1.79. The molecule has 6 heteroatoms. The van der Waals surface area contributed by atoms with Crippen LogP contribution in [0.5, 0.6) is 0 Å². The average Bonchev–Trinajstić information content (AvgIpc) is 2.70. The van der Waals surface area contributed by atoms with Crippen molar-refractivity contribution >= 4 is 39.5 Å². The highest BCUT2D eigenvalue weighted by Crippen LogP contribution is 2.21. The molecule has 150 valence electrons. The van der Waals surface area contributed by atoms with Crippen molar-refractivity contribution in [2.24, 2.45) is 0 Å². The summed E-state index contributed by atoms with van der Waals surface area (Å²) < 4.78 is 0.984. The maximum atomic E-state index is 13.0. The summed E-state index contributed by atoms with van der Waals surface area (Å²) in [7, 11) is 0. The average molecular weight is 463 g/mol. The standard InChI is InChI=1S/C22H27BrN2O2S/c1-4-13-24-22(27)17(3)25(14-18-7-9-19(23)10-8-18)21(26)15-28-20-11-5-16(2)6-12-20/h5-12,17H,4,13-15H2,1-3H3,(H,24,27)/t17-/m1/s1. The summed E-state index contributed by atoms with van der Waals surface area (Å²) in [6.07, 6.45) is 0.863. The molecule has 2 rings (SSSR count). The van der Waals surface area contributed by atoms with Crippen LogP contribution in [0.1, 0.15) is 31.4 Å². The van der Waals surface area contributed by atoms with Crippen molar-refractivity contribution in [2.75, 3.05) is 12.3 Å². The number of halogens is 1. The maximum absolute atomic E-state index is 13.0. The number of amides is 2. The Kier molecular flexibility index (Phi) is 9.06. The molecule has 4 nitrogen and oxygen atoms in total. The zero-order valence-electron chi connectivity index (χ0n) is 16.6. The number of benzene rings is 2. The number of rotatable bonds is 9. The van der Waals surface area contributed by atoms with Crippen LogP contribution in [0.25, 0.3) is 0 Å². The zero-order chi connectivity index (χ0) is 20.5. The minimum absolute atomic E-state index is 0.0485. The molecule has 0 unspecified atom stereocenters. The Bertz CT molecular complexity index is 778. The van der Waals surface area contributed by atoms with E-state index < -0.39 is 6.04 Å². The number of aryl methyl sites for hydroxylation is 1. The number of hydrogen-bond acceptors (Lipinski definition) is 3. The minimum atomic E-state index is -0.527. The van der Waals surface area contributed by atoms with Crippen molar-refractivity contribution in [1.82, 2.24) is 10.2 Å². The number of carbonyl (C=O) groups is 2. The van der Waals surface area contributed by atoms with E-state index in [0.29, 0.717) is 18.8 Å². The number of hydrogen-bond donors (Lipinski definition) is 1. The van der Waals surface area contributed by atoms with Gasteiger partial charge in [-0.2, -0.15) is 0 Å². The van der Waals surface area contributed by atoms with Crippen molar-refractivity contribution in [3.63, 3.8) is 0 Å². The first-order chi connectivity index (χ1) is 13.4. The monoisotopic (exact) mass is 462 g/mol. The molecule has 2 aromatic rings. The lowest BCUT2D eigenvalue weighted by Gasteiger charge is -2.28. The Morgan fingerprint density at radius 2 is 1.75 bits per heavy atom. The molecule has 0 aromatic heterocycles.